The molecule has 1 atom stereocenters. The summed E-state index contributed by atoms with van der Waals surface area (Å²) in [5, 5.41) is 0. The van der Waals surface area contributed by atoms with Gasteiger partial charge in [0.15, 0.2) is 0 Å². The fraction of sp³-hybridized carbons (Fsp3) is 0.552. The predicted octanol–water partition coefficient (Wildman–Crippen LogP) is 4.39. The van der Waals surface area contributed by atoms with Crippen LogP contribution >= 0.6 is 0 Å². The van der Waals surface area contributed by atoms with Crippen LogP contribution in [0.1, 0.15) is 54.9 Å². The van der Waals surface area contributed by atoms with Crippen molar-refractivity contribution in [2.45, 2.75) is 51.6 Å². The molecule has 9 heteroatoms. The lowest BCUT2D eigenvalue weighted by atomic mass is 10.0. The molecule has 0 saturated carbocycles. The lowest BCUT2D eigenvalue weighted by molar-refractivity contribution is 0.0816. The molecule has 38 heavy (non-hydrogen) atoms. The van der Waals surface area contributed by atoms with Gasteiger partial charge < -0.3 is 19.4 Å². The Morgan fingerprint density at radius 3 is 2.61 bits per heavy atom. The van der Waals surface area contributed by atoms with Gasteiger partial charge in [-0.25, -0.2) is 9.18 Å². The van der Waals surface area contributed by atoms with Gasteiger partial charge in [-0.1, -0.05) is 12.5 Å². The van der Waals surface area contributed by atoms with E-state index >= 15 is 0 Å². The summed E-state index contributed by atoms with van der Waals surface area (Å²) < 4.78 is 19.6. The van der Waals surface area contributed by atoms with E-state index in [0.717, 1.165) is 99.4 Å². The lowest BCUT2D eigenvalue weighted by Crippen LogP contribution is -2.50. The number of hydrogen-bond acceptors (Lipinski definition) is 6. The molecule has 2 saturated heterocycles. The highest BCUT2D eigenvalue weighted by Gasteiger charge is 2.28. The first-order chi connectivity index (χ1) is 18.4. The van der Waals surface area contributed by atoms with Crippen LogP contribution in [0.2, 0.25) is 0 Å². The molecule has 3 aliphatic rings. The largest absolute Gasteiger partial charge is 0.450 e. The number of carbonyl (C=O) groups excluding carboxylic acids is 2. The molecule has 0 bridgehead atoms. The second-order valence-corrected chi connectivity index (χ2v) is 10.6. The Bertz CT molecular complexity index is 1170. The highest BCUT2D eigenvalue weighted by molar-refractivity contribution is 5.99. The summed E-state index contributed by atoms with van der Waals surface area (Å²) in [6.45, 7) is 7.77. The summed E-state index contributed by atoms with van der Waals surface area (Å²) in [5.41, 5.74) is 4.19. The number of aromatic nitrogens is 1. The van der Waals surface area contributed by atoms with Crippen molar-refractivity contribution in [3.63, 3.8) is 0 Å². The number of piperazine rings is 1. The first-order valence-corrected chi connectivity index (χ1v) is 13.9. The highest BCUT2D eigenvalue weighted by Crippen LogP contribution is 2.34. The van der Waals surface area contributed by atoms with Crippen LogP contribution in [0.25, 0.3) is 11.3 Å². The van der Waals surface area contributed by atoms with Crippen molar-refractivity contribution >= 4 is 17.7 Å². The Morgan fingerprint density at radius 2 is 1.82 bits per heavy atom. The summed E-state index contributed by atoms with van der Waals surface area (Å²) in [6.07, 6.45) is 6.33. The molecule has 8 nitrogen and oxygen atoms in total. The highest BCUT2D eigenvalue weighted by atomic mass is 19.1. The van der Waals surface area contributed by atoms with Crippen LogP contribution in [0.4, 0.5) is 14.9 Å². The molecule has 0 N–H and O–H groups in total. The average Bonchev–Trinajstić information content (AvgIpc) is 3.27. The van der Waals surface area contributed by atoms with Crippen LogP contribution in [0, 0.1) is 5.82 Å². The van der Waals surface area contributed by atoms with Crippen LogP contribution < -0.4 is 4.90 Å². The molecule has 5 rings (SSSR count). The van der Waals surface area contributed by atoms with Crippen molar-refractivity contribution in [3.8, 4) is 11.3 Å². The molecule has 0 unspecified atom stereocenters. The quantitative estimate of drug-likeness (QED) is 0.592. The van der Waals surface area contributed by atoms with Crippen molar-refractivity contribution in [1.82, 2.24) is 19.7 Å². The average molecular weight is 524 g/mol. The van der Waals surface area contributed by atoms with Crippen molar-refractivity contribution < 1.29 is 18.7 Å². The van der Waals surface area contributed by atoms with E-state index in [1.54, 1.807) is 18.0 Å². The Morgan fingerprint density at radius 1 is 1.05 bits per heavy atom. The zero-order chi connectivity index (χ0) is 26.6. The van der Waals surface area contributed by atoms with Gasteiger partial charge in [-0.15, -0.1) is 0 Å². The van der Waals surface area contributed by atoms with Gasteiger partial charge in [0.1, 0.15) is 5.82 Å². The van der Waals surface area contributed by atoms with E-state index in [1.165, 1.54) is 6.20 Å². The van der Waals surface area contributed by atoms with E-state index in [-0.39, 0.29) is 17.8 Å². The normalized spacial score (nSPS) is 21.1. The molecule has 3 aliphatic heterocycles. The van der Waals surface area contributed by atoms with Gasteiger partial charge in [-0.05, 0) is 50.3 Å². The van der Waals surface area contributed by atoms with Gasteiger partial charge in [0.2, 0.25) is 0 Å². The monoisotopic (exact) mass is 523 g/mol. The number of anilines is 1. The number of hydrogen-bond donors (Lipinski definition) is 0. The molecule has 0 radical (unpaired) electrons. The van der Waals surface area contributed by atoms with Gasteiger partial charge in [-0.3, -0.25) is 14.7 Å². The molecular formula is C29H38FN5O3. The molecule has 0 aliphatic carbocycles. The van der Waals surface area contributed by atoms with Crippen molar-refractivity contribution in [3.05, 3.63) is 47.4 Å². The second-order valence-electron chi connectivity index (χ2n) is 10.6. The predicted molar refractivity (Wildman–Crippen MR) is 145 cm³/mol. The van der Waals surface area contributed by atoms with Gasteiger partial charge in [0.25, 0.3) is 5.91 Å². The maximum atomic E-state index is 14.4. The molecule has 1 aromatic carbocycles. The number of halogens is 1. The summed E-state index contributed by atoms with van der Waals surface area (Å²) in [5.74, 6) is -0.307. The number of pyridine rings is 1. The molecule has 2 amide bonds. The van der Waals surface area contributed by atoms with E-state index in [1.807, 2.05) is 30.0 Å². The van der Waals surface area contributed by atoms with Crippen LogP contribution in [-0.2, 0) is 11.3 Å². The van der Waals surface area contributed by atoms with Gasteiger partial charge >= 0.3 is 6.09 Å². The molecule has 1 aromatic heterocycles. The minimum Gasteiger partial charge on any atom is -0.450 e. The summed E-state index contributed by atoms with van der Waals surface area (Å²) in [7, 11) is 1.80. The standard InChI is InChI=1S/C29H38FN5O3/c1-3-38-29(37)35-11-5-4-7-24(8-6-12-35)33-13-15-34(16-14-33)26-18-23(30)19-31-27(26)21-9-10-25-22(17-21)20-32(2)28(25)36/h9-10,17-19,24H,3-8,11-16,20H2,1-2H3/t24-/m1/s1. The first-order valence-electron chi connectivity index (χ1n) is 13.9. The minimum absolute atomic E-state index is 0.0356. The van der Waals surface area contributed by atoms with Crippen molar-refractivity contribution in [2.75, 3.05) is 57.8 Å². The van der Waals surface area contributed by atoms with Crippen LogP contribution in [-0.4, -0.2) is 90.6 Å². The summed E-state index contributed by atoms with van der Waals surface area (Å²) in [4.78, 5) is 37.4. The zero-order valence-electron chi connectivity index (χ0n) is 22.5. The zero-order valence-corrected chi connectivity index (χ0v) is 22.5. The van der Waals surface area contributed by atoms with Gasteiger partial charge in [0.05, 0.1) is 24.2 Å². The Hall–Kier alpha value is -3.20. The third kappa shape index (κ3) is 5.62. The van der Waals surface area contributed by atoms with Crippen molar-refractivity contribution in [2.24, 2.45) is 0 Å². The third-order valence-electron chi connectivity index (χ3n) is 8.08. The van der Waals surface area contributed by atoms with E-state index in [9.17, 15) is 14.0 Å². The molecule has 2 aromatic rings. The minimum atomic E-state index is -0.343. The fourth-order valence-electron chi connectivity index (χ4n) is 6.05. The summed E-state index contributed by atoms with van der Waals surface area (Å²) >= 11 is 0. The van der Waals surface area contributed by atoms with E-state index < -0.39 is 0 Å². The molecule has 204 valence electrons. The van der Waals surface area contributed by atoms with E-state index in [4.69, 9.17) is 4.74 Å². The van der Waals surface area contributed by atoms with E-state index in [0.29, 0.717) is 19.2 Å². The van der Waals surface area contributed by atoms with Gasteiger partial charge in [-0.2, -0.15) is 0 Å². The number of carbonyl (C=O) groups is 2. The van der Waals surface area contributed by atoms with Crippen molar-refractivity contribution in [1.29, 1.82) is 0 Å². The topological polar surface area (TPSA) is 69.2 Å². The third-order valence-corrected chi connectivity index (χ3v) is 8.08. The molecule has 0 spiro atoms. The molecule has 2 fully saturated rings. The number of nitrogens with zero attached hydrogens (tertiary/aromatic N) is 5. The van der Waals surface area contributed by atoms with Crippen LogP contribution in [0.15, 0.2) is 30.5 Å². The number of benzene rings is 1. The Balaban J connectivity index is 1.25. The van der Waals surface area contributed by atoms with Crippen LogP contribution in [0.5, 0.6) is 0 Å². The molecular weight excluding hydrogens is 485 g/mol. The first kappa shape index (κ1) is 26.4. The van der Waals surface area contributed by atoms with Crippen LogP contribution in [0.3, 0.4) is 0 Å². The maximum absolute atomic E-state index is 14.4. The van der Waals surface area contributed by atoms with E-state index in [2.05, 4.69) is 14.8 Å². The number of rotatable bonds is 4. The second kappa shape index (κ2) is 11.7. The summed E-state index contributed by atoms with van der Waals surface area (Å²) in [6, 6.07) is 7.90. The lowest BCUT2D eigenvalue weighted by Gasteiger charge is -2.40. The number of ether oxygens (including phenoxy) is 1. The van der Waals surface area contributed by atoms with Gasteiger partial charge in [0, 0.05) is 76.1 Å². The fourth-order valence-corrected chi connectivity index (χ4v) is 6.05. The smallest absolute Gasteiger partial charge is 0.409 e. The molecule has 4 heterocycles. The Labute approximate surface area is 224 Å². The SMILES string of the molecule is CCOC(=O)N1CCCC[C@@H](N2CCN(c3cc(F)cnc3-c3ccc4c(c3)CN(C)C4=O)CC2)CCC1. The number of fused-ring (bicyclic) bond motifs is 1. The maximum Gasteiger partial charge on any atom is 0.409 e. The Kier molecular flexibility index (Phi) is 8.12. The number of amides is 2.